The van der Waals surface area contributed by atoms with Crippen LogP contribution in [0.3, 0.4) is 0 Å². The minimum Gasteiger partial charge on any atom is -0.370 e. The highest BCUT2D eigenvalue weighted by Crippen LogP contribution is 2.18. The van der Waals surface area contributed by atoms with E-state index in [1.165, 1.54) is 22.8 Å². The van der Waals surface area contributed by atoms with Crippen molar-refractivity contribution in [3.05, 3.63) is 83.9 Å². The van der Waals surface area contributed by atoms with Crippen molar-refractivity contribution in [2.24, 2.45) is 0 Å². The highest BCUT2D eigenvalue weighted by atomic mass is 16.1. The number of para-hydroxylation sites is 1. The fourth-order valence-corrected chi connectivity index (χ4v) is 3.26. The Labute approximate surface area is 169 Å². The molecule has 6 nitrogen and oxygen atoms in total. The summed E-state index contributed by atoms with van der Waals surface area (Å²) in [6.07, 6.45) is 5.26. The van der Waals surface area contributed by atoms with E-state index in [1.54, 1.807) is 6.07 Å². The van der Waals surface area contributed by atoms with Crippen LogP contribution in [0.4, 0.5) is 11.5 Å². The fourth-order valence-electron chi connectivity index (χ4n) is 3.26. The predicted octanol–water partition coefficient (Wildman–Crippen LogP) is 4.43. The van der Waals surface area contributed by atoms with Crippen molar-refractivity contribution in [2.45, 2.75) is 19.8 Å². The predicted molar refractivity (Wildman–Crippen MR) is 116 cm³/mol. The van der Waals surface area contributed by atoms with Gasteiger partial charge in [-0.25, -0.2) is 9.97 Å². The highest BCUT2D eigenvalue weighted by molar-refractivity contribution is 6.03. The van der Waals surface area contributed by atoms with E-state index in [2.05, 4.69) is 44.6 Å². The average molecular weight is 385 g/mol. The van der Waals surface area contributed by atoms with Crippen molar-refractivity contribution in [1.82, 2.24) is 15.0 Å². The van der Waals surface area contributed by atoms with Crippen LogP contribution in [0.1, 0.15) is 28.5 Å². The first-order chi connectivity index (χ1) is 14.2. The maximum Gasteiger partial charge on any atom is 0.274 e. The second-order valence-electron chi connectivity index (χ2n) is 6.83. The smallest absolute Gasteiger partial charge is 0.274 e. The molecule has 0 bridgehead atoms. The molecule has 0 radical (unpaired) electrons. The SMILES string of the molecule is CCc1ccc(NC(=O)c2cc(NCCc3c[nH]c4ccccc34)ncn2)cc1. The van der Waals surface area contributed by atoms with Crippen molar-refractivity contribution in [1.29, 1.82) is 0 Å². The number of hydrogen-bond acceptors (Lipinski definition) is 4. The number of nitrogens with zero attached hydrogens (tertiary/aromatic N) is 2. The Kier molecular flexibility index (Phi) is 5.52. The Morgan fingerprint density at radius 1 is 1.07 bits per heavy atom. The summed E-state index contributed by atoms with van der Waals surface area (Å²) in [5.74, 6) is 0.377. The van der Waals surface area contributed by atoms with Gasteiger partial charge >= 0.3 is 0 Å². The van der Waals surface area contributed by atoms with Crippen LogP contribution in [-0.2, 0) is 12.8 Å². The van der Waals surface area contributed by atoms with Crippen LogP contribution in [0.2, 0.25) is 0 Å². The standard InChI is InChI=1S/C23H23N5O/c1-2-16-7-9-18(10-8-16)28-23(29)21-13-22(27-15-26-21)24-12-11-17-14-25-20-6-4-3-5-19(17)20/h3-10,13-15,25H,2,11-12H2,1H3,(H,28,29)(H,24,26,27). The first kappa shape index (κ1) is 18.7. The van der Waals surface area contributed by atoms with E-state index in [1.807, 2.05) is 42.6 Å². The molecule has 2 heterocycles. The van der Waals surface area contributed by atoms with Gasteiger partial charge in [-0.2, -0.15) is 0 Å². The zero-order chi connectivity index (χ0) is 20.1. The number of aromatic amines is 1. The zero-order valence-corrected chi connectivity index (χ0v) is 16.3. The minimum absolute atomic E-state index is 0.253. The van der Waals surface area contributed by atoms with Crippen LogP contribution in [0.15, 0.2) is 67.1 Å². The van der Waals surface area contributed by atoms with Crippen LogP contribution < -0.4 is 10.6 Å². The second kappa shape index (κ2) is 8.56. The number of benzene rings is 2. The number of fused-ring (bicyclic) bond motifs is 1. The van der Waals surface area contributed by atoms with E-state index < -0.39 is 0 Å². The van der Waals surface area contributed by atoms with E-state index in [0.717, 1.165) is 24.0 Å². The molecular weight excluding hydrogens is 362 g/mol. The molecule has 0 aliphatic rings. The Hall–Kier alpha value is -3.67. The van der Waals surface area contributed by atoms with Gasteiger partial charge in [0.2, 0.25) is 0 Å². The molecule has 0 aliphatic carbocycles. The number of hydrogen-bond donors (Lipinski definition) is 3. The molecule has 4 rings (SSSR count). The first-order valence-corrected chi connectivity index (χ1v) is 9.74. The quantitative estimate of drug-likeness (QED) is 0.440. The van der Waals surface area contributed by atoms with Gasteiger partial charge in [-0.1, -0.05) is 37.3 Å². The van der Waals surface area contributed by atoms with E-state index in [0.29, 0.717) is 18.1 Å². The third-order valence-electron chi connectivity index (χ3n) is 4.90. The van der Waals surface area contributed by atoms with Gasteiger partial charge in [-0.05, 0) is 42.2 Å². The van der Waals surface area contributed by atoms with Crippen LogP contribution >= 0.6 is 0 Å². The number of anilines is 2. The van der Waals surface area contributed by atoms with Crippen molar-refractivity contribution in [3.63, 3.8) is 0 Å². The van der Waals surface area contributed by atoms with Crippen LogP contribution in [0, 0.1) is 0 Å². The average Bonchev–Trinajstić information content (AvgIpc) is 3.18. The molecule has 6 heteroatoms. The Bertz CT molecular complexity index is 1120. The van der Waals surface area contributed by atoms with Gasteiger partial charge in [0, 0.05) is 35.4 Å². The van der Waals surface area contributed by atoms with Crippen LogP contribution in [0.25, 0.3) is 10.9 Å². The molecule has 0 aliphatic heterocycles. The largest absolute Gasteiger partial charge is 0.370 e. The van der Waals surface area contributed by atoms with Gasteiger partial charge in [-0.3, -0.25) is 4.79 Å². The van der Waals surface area contributed by atoms with Crippen molar-refractivity contribution in [2.75, 3.05) is 17.2 Å². The lowest BCUT2D eigenvalue weighted by atomic mass is 10.1. The number of rotatable bonds is 7. The molecule has 0 spiro atoms. The topological polar surface area (TPSA) is 82.7 Å². The lowest BCUT2D eigenvalue weighted by Gasteiger charge is -2.08. The summed E-state index contributed by atoms with van der Waals surface area (Å²) in [5.41, 5.74) is 4.69. The lowest BCUT2D eigenvalue weighted by molar-refractivity contribution is 0.102. The van der Waals surface area contributed by atoms with Gasteiger partial charge in [0.1, 0.15) is 17.8 Å². The normalized spacial score (nSPS) is 10.8. The van der Waals surface area contributed by atoms with Gasteiger partial charge in [0.25, 0.3) is 5.91 Å². The molecule has 2 aromatic heterocycles. The zero-order valence-electron chi connectivity index (χ0n) is 16.3. The van der Waals surface area contributed by atoms with E-state index in [9.17, 15) is 4.79 Å². The number of H-pyrrole nitrogens is 1. The van der Waals surface area contributed by atoms with Gasteiger partial charge in [-0.15, -0.1) is 0 Å². The molecule has 0 atom stereocenters. The van der Waals surface area contributed by atoms with E-state index in [4.69, 9.17) is 0 Å². The fraction of sp³-hybridized carbons (Fsp3) is 0.174. The van der Waals surface area contributed by atoms with Gasteiger partial charge in [0.05, 0.1) is 0 Å². The first-order valence-electron chi connectivity index (χ1n) is 9.74. The summed E-state index contributed by atoms with van der Waals surface area (Å²) in [6, 6.07) is 17.7. The molecule has 2 aromatic carbocycles. The summed E-state index contributed by atoms with van der Waals surface area (Å²) in [4.78, 5) is 24.1. The number of nitrogens with one attached hydrogen (secondary N) is 3. The molecule has 0 unspecified atom stereocenters. The van der Waals surface area contributed by atoms with Gasteiger partial charge < -0.3 is 15.6 Å². The molecule has 0 saturated heterocycles. The number of amides is 1. The maximum atomic E-state index is 12.5. The molecular formula is C23H23N5O. The number of aromatic nitrogens is 3. The summed E-state index contributed by atoms with van der Waals surface area (Å²) in [7, 11) is 0. The lowest BCUT2D eigenvalue weighted by Crippen LogP contribution is -2.15. The third-order valence-corrected chi connectivity index (χ3v) is 4.90. The summed E-state index contributed by atoms with van der Waals surface area (Å²) in [5, 5.41) is 7.38. The molecule has 3 N–H and O–H groups in total. The van der Waals surface area contributed by atoms with E-state index >= 15 is 0 Å². The van der Waals surface area contributed by atoms with Crippen molar-refractivity contribution < 1.29 is 4.79 Å². The molecule has 4 aromatic rings. The second-order valence-corrected chi connectivity index (χ2v) is 6.83. The summed E-state index contributed by atoms with van der Waals surface area (Å²) >= 11 is 0. The molecule has 0 fully saturated rings. The van der Waals surface area contributed by atoms with Crippen LogP contribution in [-0.4, -0.2) is 27.4 Å². The molecule has 29 heavy (non-hydrogen) atoms. The highest BCUT2D eigenvalue weighted by Gasteiger charge is 2.10. The Morgan fingerprint density at radius 2 is 1.90 bits per heavy atom. The third kappa shape index (κ3) is 4.43. The van der Waals surface area contributed by atoms with Crippen molar-refractivity contribution >= 4 is 28.3 Å². The Balaban J connectivity index is 1.37. The molecule has 1 amide bonds. The summed E-state index contributed by atoms with van der Waals surface area (Å²) in [6.45, 7) is 2.81. The monoisotopic (exact) mass is 385 g/mol. The molecule has 146 valence electrons. The molecule has 0 saturated carbocycles. The number of aryl methyl sites for hydroxylation is 1. The Morgan fingerprint density at radius 3 is 2.72 bits per heavy atom. The maximum absolute atomic E-state index is 12.5. The summed E-state index contributed by atoms with van der Waals surface area (Å²) < 4.78 is 0. The minimum atomic E-state index is -0.253. The number of carbonyl (C=O) groups excluding carboxylic acids is 1. The van der Waals surface area contributed by atoms with Crippen molar-refractivity contribution in [3.8, 4) is 0 Å². The van der Waals surface area contributed by atoms with Gasteiger partial charge in [0.15, 0.2) is 0 Å². The number of carbonyl (C=O) groups is 1. The van der Waals surface area contributed by atoms with Crippen LogP contribution in [0.5, 0.6) is 0 Å². The van der Waals surface area contributed by atoms with E-state index in [-0.39, 0.29) is 5.91 Å².